The highest BCUT2D eigenvalue weighted by Gasteiger charge is 2.19. The van der Waals surface area contributed by atoms with Crippen molar-refractivity contribution in [1.82, 2.24) is 14.8 Å². The molecular weight excluding hydrogens is 381 g/mol. The number of hydrogen-bond acceptors (Lipinski definition) is 6. The van der Waals surface area contributed by atoms with E-state index in [1.54, 1.807) is 27.4 Å². The topological polar surface area (TPSA) is 58.4 Å². The zero-order chi connectivity index (χ0) is 20.1. The Morgan fingerprint density at radius 1 is 1.00 bits per heavy atom. The lowest BCUT2D eigenvalue weighted by Crippen LogP contribution is -2.01. The number of hydrogen-bond donors (Lipinski definition) is 0. The molecule has 0 unspecified atom stereocenters. The van der Waals surface area contributed by atoms with Crippen molar-refractivity contribution in [1.29, 1.82) is 0 Å². The number of halogens is 1. The third kappa shape index (κ3) is 4.06. The van der Waals surface area contributed by atoms with Crippen LogP contribution in [0.2, 0.25) is 0 Å². The maximum Gasteiger partial charge on any atom is 0.203 e. The quantitative estimate of drug-likeness (QED) is 0.519. The van der Waals surface area contributed by atoms with Crippen LogP contribution < -0.4 is 14.2 Å². The van der Waals surface area contributed by atoms with Gasteiger partial charge in [-0.2, -0.15) is 0 Å². The second-order valence-corrected chi connectivity index (χ2v) is 6.83. The van der Waals surface area contributed by atoms with Crippen molar-refractivity contribution in [2.75, 3.05) is 21.3 Å². The Balaban J connectivity index is 1.93. The van der Waals surface area contributed by atoms with Crippen LogP contribution in [0.25, 0.3) is 11.4 Å². The third-order valence-electron chi connectivity index (χ3n) is 4.21. The standard InChI is InChI=1S/C20H22FN3O3S/c1-5-24-19(14-10-16(25-2)18(27-4)17(11-14)26-3)22-23-20(24)28-12-13-7-6-8-15(21)9-13/h6-11H,5,12H2,1-4H3. The van der Waals surface area contributed by atoms with Crippen LogP contribution in [-0.4, -0.2) is 36.1 Å². The molecule has 1 aromatic heterocycles. The highest BCUT2D eigenvalue weighted by molar-refractivity contribution is 7.98. The first kappa shape index (κ1) is 20.0. The van der Waals surface area contributed by atoms with E-state index >= 15 is 0 Å². The minimum absolute atomic E-state index is 0.242. The maximum absolute atomic E-state index is 13.4. The summed E-state index contributed by atoms with van der Waals surface area (Å²) < 4.78 is 31.6. The Hall–Kier alpha value is -2.74. The number of nitrogens with zero attached hydrogens (tertiary/aromatic N) is 3. The molecule has 0 saturated carbocycles. The van der Waals surface area contributed by atoms with Gasteiger partial charge >= 0.3 is 0 Å². The van der Waals surface area contributed by atoms with Crippen LogP contribution in [0, 0.1) is 5.82 Å². The first-order chi connectivity index (χ1) is 13.6. The predicted molar refractivity (Wildman–Crippen MR) is 107 cm³/mol. The second kappa shape index (κ2) is 8.97. The van der Waals surface area contributed by atoms with Gasteiger partial charge in [-0.15, -0.1) is 10.2 Å². The fourth-order valence-electron chi connectivity index (χ4n) is 2.88. The van der Waals surface area contributed by atoms with Crippen LogP contribution in [0.1, 0.15) is 12.5 Å². The van der Waals surface area contributed by atoms with E-state index in [2.05, 4.69) is 10.2 Å². The van der Waals surface area contributed by atoms with Gasteiger partial charge in [0.2, 0.25) is 5.75 Å². The molecule has 148 valence electrons. The van der Waals surface area contributed by atoms with Crippen LogP contribution in [0.3, 0.4) is 0 Å². The van der Waals surface area contributed by atoms with E-state index < -0.39 is 0 Å². The Labute approximate surface area is 167 Å². The molecule has 0 atom stereocenters. The molecule has 8 heteroatoms. The van der Waals surface area contributed by atoms with Crippen LogP contribution in [0.15, 0.2) is 41.6 Å². The zero-order valence-electron chi connectivity index (χ0n) is 16.2. The molecule has 6 nitrogen and oxygen atoms in total. The average Bonchev–Trinajstić information content (AvgIpc) is 3.14. The fraction of sp³-hybridized carbons (Fsp3) is 0.300. The SMILES string of the molecule is CCn1c(SCc2cccc(F)c2)nnc1-c1cc(OC)c(OC)c(OC)c1. The molecule has 0 radical (unpaired) electrons. The van der Waals surface area contributed by atoms with Gasteiger partial charge < -0.3 is 18.8 Å². The number of ether oxygens (including phenoxy) is 3. The lowest BCUT2D eigenvalue weighted by Gasteiger charge is -2.14. The van der Waals surface area contributed by atoms with Crippen LogP contribution >= 0.6 is 11.8 Å². The van der Waals surface area contributed by atoms with Crippen molar-refractivity contribution in [2.24, 2.45) is 0 Å². The summed E-state index contributed by atoms with van der Waals surface area (Å²) in [4.78, 5) is 0. The molecule has 0 aliphatic rings. The summed E-state index contributed by atoms with van der Waals surface area (Å²) in [5, 5.41) is 9.44. The highest BCUT2D eigenvalue weighted by Crippen LogP contribution is 2.41. The zero-order valence-corrected chi connectivity index (χ0v) is 17.0. The van der Waals surface area contributed by atoms with Crippen molar-refractivity contribution in [3.8, 4) is 28.6 Å². The lowest BCUT2D eigenvalue weighted by molar-refractivity contribution is 0.324. The van der Waals surface area contributed by atoms with Crippen molar-refractivity contribution in [2.45, 2.75) is 24.4 Å². The summed E-state index contributed by atoms with van der Waals surface area (Å²) in [6.07, 6.45) is 0. The van der Waals surface area contributed by atoms with Crippen molar-refractivity contribution in [3.63, 3.8) is 0 Å². The number of methoxy groups -OCH3 is 3. The van der Waals surface area contributed by atoms with Gasteiger partial charge in [-0.1, -0.05) is 23.9 Å². The smallest absolute Gasteiger partial charge is 0.203 e. The summed E-state index contributed by atoms with van der Waals surface area (Å²) >= 11 is 1.51. The van der Waals surface area contributed by atoms with E-state index in [-0.39, 0.29) is 5.82 Å². The number of rotatable bonds is 8. The summed E-state index contributed by atoms with van der Waals surface area (Å²) in [5.74, 6) is 2.69. The van der Waals surface area contributed by atoms with Gasteiger partial charge in [0.05, 0.1) is 21.3 Å². The predicted octanol–water partition coefficient (Wildman–Crippen LogP) is 4.42. The van der Waals surface area contributed by atoms with Gasteiger partial charge in [-0.05, 0) is 36.8 Å². The molecule has 3 aromatic rings. The van der Waals surface area contributed by atoms with Crippen LogP contribution in [0.5, 0.6) is 17.2 Å². The van der Waals surface area contributed by atoms with E-state index in [1.807, 2.05) is 29.7 Å². The third-order valence-corrected chi connectivity index (χ3v) is 5.25. The van der Waals surface area contributed by atoms with E-state index in [4.69, 9.17) is 14.2 Å². The molecule has 0 aliphatic carbocycles. The first-order valence-corrected chi connectivity index (χ1v) is 9.70. The molecule has 0 saturated heterocycles. The van der Waals surface area contributed by atoms with Crippen LogP contribution in [-0.2, 0) is 12.3 Å². The maximum atomic E-state index is 13.4. The van der Waals surface area contributed by atoms with Gasteiger partial charge in [0.25, 0.3) is 0 Å². The Morgan fingerprint density at radius 3 is 2.29 bits per heavy atom. The Morgan fingerprint density at radius 2 is 1.71 bits per heavy atom. The molecular formula is C20H22FN3O3S. The second-order valence-electron chi connectivity index (χ2n) is 5.88. The monoisotopic (exact) mass is 403 g/mol. The molecule has 1 heterocycles. The first-order valence-electron chi connectivity index (χ1n) is 8.72. The minimum Gasteiger partial charge on any atom is -0.493 e. The van der Waals surface area contributed by atoms with Crippen LogP contribution in [0.4, 0.5) is 4.39 Å². The molecule has 0 fully saturated rings. The van der Waals surface area contributed by atoms with Gasteiger partial charge in [-0.25, -0.2) is 4.39 Å². The molecule has 2 aromatic carbocycles. The molecule has 28 heavy (non-hydrogen) atoms. The summed E-state index contributed by atoms with van der Waals surface area (Å²) in [7, 11) is 4.72. The van der Waals surface area contributed by atoms with E-state index in [0.717, 1.165) is 16.3 Å². The van der Waals surface area contributed by atoms with Gasteiger partial charge in [0.1, 0.15) is 5.82 Å². The van der Waals surface area contributed by atoms with E-state index in [9.17, 15) is 4.39 Å². The molecule has 3 rings (SSSR count). The molecule has 0 aliphatic heterocycles. The molecule has 0 amide bonds. The number of thioether (sulfide) groups is 1. The summed E-state index contributed by atoms with van der Waals surface area (Å²) in [6, 6.07) is 10.3. The normalized spacial score (nSPS) is 10.8. The lowest BCUT2D eigenvalue weighted by atomic mass is 10.1. The minimum atomic E-state index is -0.242. The van der Waals surface area contributed by atoms with Crippen molar-refractivity contribution < 1.29 is 18.6 Å². The van der Waals surface area contributed by atoms with Gasteiger partial charge in [0.15, 0.2) is 22.5 Å². The summed E-state index contributed by atoms with van der Waals surface area (Å²) in [5.41, 5.74) is 1.70. The van der Waals surface area contributed by atoms with E-state index in [1.165, 1.54) is 23.9 Å². The largest absolute Gasteiger partial charge is 0.493 e. The van der Waals surface area contributed by atoms with Crippen molar-refractivity contribution in [3.05, 3.63) is 47.8 Å². The van der Waals surface area contributed by atoms with E-state index in [0.29, 0.717) is 35.4 Å². The van der Waals surface area contributed by atoms with Crippen molar-refractivity contribution >= 4 is 11.8 Å². The van der Waals surface area contributed by atoms with Gasteiger partial charge in [-0.3, -0.25) is 0 Å². The number of aromatic nitrogens is 3. The fourth-order valence-corrected chi connectivity index (χ4v) is 3.82. The number of benzene rings is 2. The highest BCUT2D eigenvalue weighted by atomic mass is 32.2. The molecule has 0 bridgehead atoms. The van der Waals surface area contributed by atoms with Gasteiger partial charge in [0, 0.05) is 17.9 Å². The molecule has 0 spiro atoms. The summed E-state index contributed by atoms with van der Waals surface area (Å²) in [6.45, 7) is 2.71. The Bertz CT molecular complexity index is 937. The Kier molecular flexibility index (Phi) is 6.41. The molecule has 0 N–H and O–H groups in total. The average molecular weight is 403 g/mol.